The molecule has 266 valence electrons. The minimum Gasteiger partial charge on any atom is -0.489 e. The van der Waals surface area contributed by atoms with Gasteiger partial charge in [0.1, 0.15) is 24.3 Å². The molecule has 0 radical (unpaired) electrons. The molecule has 3 aromatic carbocycles. The van der Waals surface area contributed by atoms with Crippen LogP contribution in [0.3, 0.4) is 0 Å². The topological polar surface area (TPSA) is 109 Å². The van der Waals surface area contributed by atoms with Gasteiger partial charge in [0.25, 0.3) is 0 Å². The fourth-order valence-corrected chi connectivity index (χ4v) is 6.65. The Bertz CT molecular complexity index is 1720. The van der Waals surface area contributed by atoms with Crippen molar-refractivity contribution in [3.8, 4) is 17.2 Å². The molecule has 3 aromatic rings. The maximum atomic E-state index is 15.2. The van der Waals surface area contributed by atoms with Crippen molar-refractivity contribution in [2.45, 2.75) is 59.0 Å². The molecule has 1 fully saturated rings. The first kappa shape index (κ1) is 35.1. The number of benzene rings is 3. The number of carbonyl (C=O) groups excluding carboxylic acids is 1. The predicted octanol–water partition coefficient (Wildman–Crippen LogP) is 5.58. The molecule has 11 nitrogen and oxygen atoms in total. The second kappa shape index (κ2) is 15.4. The Balaban J connectivity index is 1.13. The van der Waals surface area contributed by atoms with Gasteiger partial charge < -0.3 is 20.1 Å². The average Bonchev–Trinajstić information content (AvgIpc) is 3.07. The standard InChI is InChI=1S/C38H47FN6O5/c1-25(2)45-15-13-44(14-16-45)17-19-47-34-9-7-31(23-32(34)39)41-36-40-12-11-38(42-36,24-29-6-8-33-30(22-29)10-18-48-50-33)43-37(46)49-35-27(4)20-26(3)21-28(35)5/h6-12,18,20-23,25,36,40-42H,13-17,19,24H2,1-5H3,(H,43,46). The molecule has 1 amide bonds. The quantitative estimate of drug-likeness (QED) is 0.191. The minimum atomic E-state index is -1.10. The van der Waals surface area contributed by atoms with Crippen molar-refractivity contribution < 1.29 is 28.4 Å². The highest BCUT2D eigenvalue weighted by molar-refractivity contribution is 5.73. The predicted molar refractivity (Wildman–Crippen MR) is 191 cm³/mol. The number of aryl methyl sites for hydroxylation is 3. The number of nitrogens with zero attached hydrogens (tertiary/aromatic N) is 2. The van der Waals surface area contributed by atoms with Gasteiger partial charge in [0, 0.05) is 62.5 Å². The number of piperazine rings is 1. The lowest BCUT2D eigenvalue weighted by Gasteiger charge is -2.40. The highest BCUT2D eigenvalue weighted by Gasteiger charge is 2.36. The summed E-state index contributed by atoms with van der Waals surface area (Å²) in [5.41, 5.74) is 4.00. The summed E-state index contributed by atoms with van der Waals surface area (Å²) in [5.74, 6) is 0.849. The minimum absolute atomic E-state index is 0.206. The zero-order valence-electron chi connectivity index (χ0n) is 29.3. The first-order valence-corrected chi connectivity index (χ1v) is 17.1. The van der Waals surface area contributed by atoms with Crippen LogP contribution in [0.2, 0.25) is 0 Å². The molecule has 2 unspecified atom stereocenters. The molecule has 3 aliphatic rings. The first-order chi connectivity index (χ1) is 24.1. The largest absolute Gasteiger partial charge is 0.489 e. The van der Waals surface area contributed by atoms with E-state index in [1.165, 1.54) is 12.3 Å². The summed E-state index contributed by atoms with van der Waals surface area (Å²) in [4.78, 5) is 28.5. The van der Waals surface area contributed by atoms with Crippen molar-refractivity contribution in [2.24, 2.45) is 0 Å². The van der Waals surface area contributed by atoms with E-state index < -0.39 is 23.9 Å². The molecular weight excluding hydrogens is 639 g/mol. The van der Waals surface area contributed by atoms with Gasteiger partial charge in [-0.2, -0.15) is 0 Å². The van der Waals surface area contributed by atoms with E-state index in [9.17, 15) is 4.79 Å². The zero-order chi connectivity index (χ0) is 35.3. The Labute approximate surface area is 293 Å². The van der Waals surface area contributed by atoms with E-state index in [2.05, 4.69) is 44.9 Å². The summed E-state index contributed by atoms with van der Waals surface area (Å²) in [6.45, 7) is 15.4. The highest BCUT2D eigenvalue weighted by atomic mass is 19.1. The van der Waals surface area contributed by atoms with E-state index in [1.807, 2.05) is 63.3 Å². The van der Waals surface area contributed by atoms with Crippen molar-refractivity contribution in [3.63, 3.8) is 0 Å². The number of ether oxygens (including phenoxy) is 2. The van der Waals surface area contributed by atoms with Gasteiger partial charge in [-0.25, -0.2) is 9.18 Å². The molecule has 12 heteroatoms. The molecule has 3 aliphatic heterocycles. The smallest absolute Gasteiger partial charge is 0.414 e. The Morgan fingerprint density at radius 3 is 2.58 bits per heavy atom. The number of halogens is 1. The number of hydrogen-bond donors (Lipinski definition) is 4. The molecule has 0 aliphatic carbocycles. The Kier molecular flexibility index (Phi) is 10.8. The summed E-state index contributed by atoms with van der Waals surface area (Å²) in [5, 5.41) is 13.0. The van der Waals surface area contributed by atoms with E-state index in [4.69, 9.17) is 19.2 Å². The monoisotopic (exact) mass is 686 g/mol. The lowest BCUT2D eigenvalue weighted by molar-refractivity contribution is -0.151. The molecule has 2 atom stereocenters. The normalized spacial score (nSPS) is 20.3. The summed E-state index contributed by atoms with van der Waals surface area (Å²) in [7, 11) is 0. The zero-order valence-corrected chi connectivity index (χ0v) is 29.3. The summed E-state index contributed by atoms with van der Waals surface area (Å²) in [6.07, 6.45) is 5.99. The number of amides is 1. The van der Waals surface area contributed by atoms with Crippen molar-refractivity contribution in [2.75, 3.05) is 44.6 Å². The molecule has 4 N–H and O–H groups in total. The van der Waals surface area contributed by atoms with Crippen molar-refractivity contribution in [1.29, 1.82) is 0 Å². The van der Waals surface area contributed by atoms with Gasteiger partial charge in [-0.1, -0.05) is 23.8 Å². The fourth-order valence-electron chi connectivity index (χ4n) is 6.65. The molecule has 0 bridgehead atoms. The van der Waals surface area contributed by atoms with Gasteiger partial charge in [0.2, 0.25) is 0 Å². The third kappa shape index (κ3) is 8.68. The molecule has 0 aromatic heterocycles. The van der Waals surface area contributed by atoms with E-state index in [0.29, 0.717) is 36.3 Å². The molecule has 50 heavy (non-hydrogen) atoms. The van der Waals surface area contributed by atoms with Crippen LogP contribution in [0, 0.1) is 26.6 Å². The van der Waals surface area contributed by atoms with Crippen LogP contribution in [0.5, 0.6) is 17.2 Å². The van der Waals surface area contributed by atoms with Gasteiger partial charge in [-0.3, -0.25) is 30.2 Å². The van der Waals surface area contributed by atoms with Gasteiger partial charge in [-0.15, -0.1) is 0 Å². The lowest BCUT2D eigenvalue weighted by atomic mass is 9.96. The van der Waals surface area contributed by atoms with E-state index in [1.54, 1.807) is 18.3 Å². The van der Waals surface area contributed by atoms with Crippen molar-refractivity contribution >= 4 is 17.9 Å². The van der Waals surface area contributed by atoms with Gasteiger partial charge in [0.15, 0.2) is 23.6 Å². The van der Waals surface area contributed by atoms with Crippen LogP contribution in [-0.4, -0.2) is 73.2 Å². The van der Waals surface area contributed by atoms with Crippen LogP contribution in [0.15, 0.2) is 67.1 Å². The Morgan fingerprint density at radius 1 is 1.06 bits per heavy atom. The Morgan fingerprint density at radius 2 is 1.84 bits per heavy atom. The third-order valence-corrected chi connectivity index (χ3v) is 9.20. The van der Waals surface area contributed by atoms with Gasteiger partial charge >= 0.3 is 6.09 Å². The van der Waals surface area contributed by atoms with Crippen molar-refractivity contribution in [3.05, 3.63) is 101 Å². The van der Waals surface area contributed by atoms with Gasteiger partial charge in [0.05, 0.1) is 0 Å². The van der Waals surface area contributed by atoms with Crippen LogP contribution in [0.25, 0.3) is 6.08 Å². The molecule has 3 heterocycles. The van der Waals surface area contributed by atoms with Crippen LogP contribution in [0.4, 0.5) is 14.9 Å². The number of anilines is 1. The average molecular weight is 687 g/mol. The summed E-state index contributed by atoms with van der Waals surface area (Å²) in [6, 6.07) is 15.0. The van der Waals surface area contributed by atoms with Gasteiger partial charge in [-0.05, 0) is 93.9 Å². The maximum Gasteiger partial charge on any atom is 0.414 e. The first-order valence-electron chi connectivity index (χ1n) is 17.1. The maximum absolute atomic E-state index is 15.2. The molecule has 0 saturated carbocycles. The van der Waals surface area contributed by atoms with Crippen molar-refractivity contribution in [1.82, 2.24) is 25.8 Å². The lowest BCUT2D eigenvalue weighted by Crippen LogP contribution is -2.68. The molecule has 0 spiro atoms. The molecule has 6 rings (SSSR count). The Hall–Kier alpha value is -4.78. The second-order valence-electron chi connectivity index (χ2n) is 13.4. The second-order valence-corrected chi connectivity index (χ2v) is 13.4. The number of hydrogen-bond acceptors (Lipinski definition) is 10. The van der Waals surface area contributed by atoms with E-state index >= 15 is 4.39 Å². The number of nitrogens with one attached hydrogen (secondary N) is 4. The summed E-state index contributed by atoms with van der Waals surface area (Å²) < 4.78 is 26.9. The van der Waals surface area contributed by atoms with Crippen LogP contribution in [-0.2, 0) is 11.3 Å². The number of rotatable bonds is 11. The van der Waals surface area contributed by atoms with Crippen LogP contribution >= 0.6 is 0 Å². The fraction of sp³-hybridized carbons (Fsp3) is 0.395. The van der Waals surface area contributed by atoms with E-state index in [-0.39, 0.29) is 5.75 Å². The van der Waals surface area contributed by atoms with Crippen LogP contribution < -0.4 is 35.6 Å². The van der Waals surface area contributed by atoms with Crippen LogP contribution in [0.1, 0.15) is 41.7 Å². The molecule has 1 saturated heterocycles. The SMILES string of the molecule is Cc1cc(C)c(OC(=O)NC2(Cc3ccc4c(c3)C=COO4)C=CNC(Nc3ccc(OCCN4CCN(C(C)C)CC4)c(F)c3)N2)c(C)c1. The third-order valence-electron chi connectivity index (χ3n) is 9.20. The molecular formula is C38H47FN6O5. The summed E-state index contributed by atoms with van der Waals surface area (Å²) >= 11 is 0. The number of carbonyl (C=O) groups is 1. The highest BCUT2D eigenvalue weighted by Crippen LogP contribution is 2.29. The van der Waals surface area contributed by atoms with E-state index in [0.717, 1.165) is 60.5 Å². The number of fused-ring (bicyclic) bond motifs is 1.